The molecule has 2 N–H and O–H groups in total. The van der Waals surface area contributed by atoms with Gasteiger partial charge >= 0.3 is 0 Å². The van der Waals surface area contributed by atoms with Crippen LogP contribution in [-0.2, 0) is 14.6 Å². The van der Waals surface area contributed by atoms with E-state index in [9.17, 15) is 8.42 Å². The molecule has 0 fully saturated rings. The molecule has 0 atom stereocenters. The molecule has 21 heavy (non-hydrogen) atoms. The minimum absolute atomic E-state index is 0.185. The Kier molecular flexibility index (Phi) is 9.65. The summed E-state index contributed by atoms with van der Waals surface area (Å²) in [7, 11) is -3.13. The summed E-state index contributed by atoms with van der Waals surface area (Å²) in [5, 5.41) is 16.0. The Morgan fingerprint density at radius 3 is 2.00 bits per heavy atom. The molecule has 5 nitrogen and oxygen atoms in total. The lowest BCUT2D eigenvalue weighted by Gasteiger charge is -2.04. The number of benzene rings is 1. The Morgan fingerprint density at radius 2 is 1.52 bits per heavy atom. The van der Waals surface area contributed by atoms with Crippen LogP contribution in [0.2, 0.25) is 0 Å². The smallest absolute Gasteiger partial charge is 0.300 e. The van der Waals surface area contributed by atoms with Crippen LogP contribution in [0.5, 0.6) is 0 Å². The van der Waals surface area contributed by atoms with E-state index in [0.717, 1.165) is 31.7 Å². The molecule has 0 saturated carbocycles. The molecule has 0 aromatic heterocycles. The molecule has 0 bridgehead atoms. The summed E-state index contributed by atoms with van der Waals surface area (Å²) in [6, 6.07) is 6.97. The summed E-state index contributed by atoms with van der Waals surface area (Å²) >= 11 is 0. The maximum absolute atomic E-state index is 11.9. The highest BCUT2D eigenvalue weighted by Crippen LogP contribution is 2.14. The lowest BCUT2D eigenvalue weighted by molar-refractivity contribution is -0.134. The van der Waals surface area contributed by atoms with Crippen molar-refractivity contribution in [2.45, 2.75) is 44.4 Å². The third kappa shape index (κ3) is 10.0. The van der Waals surface area contributed by atoms with Gasteiger partial charge in [-0.05, 0) is 31.9 Å². The summed E-state index contributed by atoms with van der Waals surface area (Å²) in [5.74, 6) is -0.637. The van der Waals surface area contributed by atoms with Gasteiger partial charge in [0, 0.05) is 13.5 Å². The van der Waals surface area contributed by atoms with Crippen molar-refractivity contribution in [3.05, 3.63) is 29.8 Å². The van der Waals surface area contributed by atoms with Crippen LogP contribution in [0, 0.1) is 6.92 Å². The van der Waals surface area contributed by atoms with Crippen molar-refractivity contribution < 1.29 is 23.4 Å². The molecule has 0 heterocycles. The molecular formula is C15H24O5S. The van der Waals surface area contributed by atoms with Crippen molar-refractivity contribution in [2.24, 2.45) is 0 Å². The fraction of sp³-hybridized carbons (Fsp3) is 0.533. The molecule has 120 valence electrons. The number of rotatable bonds is 7. The van der Waals surface area contributed by atoms with Crippen molar-refractivity contribution in [2.75, 3.05) is 12.4 Å². The third-order valence-corrected chi connectivity index (χ3v) is 4.52. The first-order chi connectivity index (χ1) is 9.79. The molecule has 0 unspecified atom stereocenters. The second-order valence-electron chi connectivity index (χ2n) is 4.79. The van der Waals surface area contributed by atoms with E-state index in [1.54, 1.807) is 12.1 Å². The number of hydrogen-bond acceptors (Lipinski definition) is 4. The van der Waals surface area contributed by atoms with Crippen LogP contribution >= 0.6 is 0 Å². The summed E-state index contributed by atoms with van der Waals surface area (Å²) in [6.45, 7) is 3.20. The van der Waals surface area contributed by atoms with Crippen molar-refractivity contribution in [3.63, 3.8) is 0 Å². The van der Waals surface area contributed by atoms with Crippen molar-refractivity contribution in [1.82, 2.24) is 0 Å². The van der Waals surface area contributed by atoms with E-state index in [1.807, 2.05) is 19.1 Å². The summed E-state index contributed by atoms with van der Waals surface area (Å²) in [4.78, 5) is 9.41. The Labute approximate surface area is 126 Å². The van der Waals surface area contributed by atoms with E-state index in [2.05, 4.69) is 0 Å². The van der Waals surface area contributed by atoms with E-state index >= 15 is 0 Å². The van der Waals surface area contributed by atoms with Gasteiger partial charge in [-0.1, -0.05) is 30.5 Å². The number of carboxylic acids is 1. The fourth-order valence-corrected chi connectivity index (χ4v) is 2.99. The number of aryl methyl sites for hydroxylation is 1. The minimum atomic E-state index is -3.13. The quantitative estimate of drug-likeness (QED) is 0.754. The lowest BCUT2D eigenvalue weighted by atomic mass is 10.2. The predicted octanol–water partition coefficient (Wildman–Crippen LogP) is 2.41. The Balaban J connectivity index is 0.000000885. The van der Waals surface area contributed by atoms with E-state index in [1.165, 1.54) is 0 Å². The minimum Gasteiger partial charge on any atom is -0.481 e. The van der Waals surface area contributed by atoms with Crippen molar-refractivity contribution in [3.8, 4) is 0 Å². The Bertz CT molecular complexity index is 501. The van der Waals surface area contributed by atoms with E-state index in [4.69, 9.17) is 15.0 Å². The van der Waals surface area contributed by atoms with E-state index < -0.39 is 15.8 Å². The maximum atomic E-state index is 11.9. The molecule has 0 radical (unpaired) electrons. The van der Waals surface area contributed by atoms with Crippen LogP contribution < -0.4 is 0 Å². The molecule has 0 aliphatic rings. The first-order valence-electron chi connectivity index (χ1n) is 6.89. The van der Waals surface area contributed by atoms with Gasteiger partial charge in [-0.15, -0.1) is 0 Å². The number of aliphatic hydroxyl groups excluding tert-OH is 1. The van der Waals surface area contributed by atoms with Crippen molar-refractivity contribution >= 4 is 15.8 Å². The van der Waals surface area contributed by atoms with Gasteiger partial charge in [-0.3, -0.25) is 4.79 Å². The second-order valence-corrected chi connectivity index (χ2v) is 6.90. The van der Waals surface area contributed by atoms with E-state index in [0.29, 0.717) is 11.3 Å². The van der Waals surface area contributed by atoms with Gasteiger partial charge in [0.1, 0.15) is 0 Å². The SMILES string of the molecule is CC(=O)O.Cc1ccc(S(=O)(=O)CCCCCCO)cc1. The highest BCUT2D eigenvalue weighted by molar-refractivity contribution is 7.91. The molecule has 0 aliphatic carbocycles. The van der Waals surface area contributed by atoms with Gasteiger partial charge in [0.25, 0.3) is 5.97 Å². The zero-order chi connectivity index (χ0) is 16.3. The first kappa shape index (κ1) is 19.6. The zero-order valence-corrected chi connectivity index (χ0v) is 13.4. The molecule has 6 heteroatoms. The molecule has 0 aliphatic heterocycles. The van der Waals surface area contributed by atoms with Crippen LogP contribution in [0.3, 0.4) is 0 Å². The standard InChI is InChI=1S/C13H20O3S.C2H4O2/c1-12-6-8-13(9-7-12)17(15,16)11-5-3-2-4-10-14;1-2(3)4/h6-9,14H,2-5,10-11H2,1H3;1H3,(H,3,4). The van der Waals surface area contributed by atoms with Gasteiger partial charge in [-0.2, -0.15) is 0 Å². The number of hydrogen-bond donors (Lipinski definition) is 2. The Morgan fingerprint density at radius 1 is 1.05 bits per heavy atom. The average molecular weight is 316 g/mol. The zero-order valence-electron chi connectivity index (χ0n) is 12.6. The van der Waals surface area contributed by atoms with E-state index in [-0.39, 0.29) is 12.4 Å². The maximum Gasteiger partial charge on any atom is 0.300 e. The number of aliphatic hydroxyl groups is 1. The van der Waals surface area contributed by atoms with Gasteiger partial charge in [0.2, 0.25) is 0 Å². The van der Waals surface area contributed by atoms with Gasteiger partial charge < -0.3 is 10.2 Å². The number of carboxylic acid groups (broad SMARTS) is 1. The molecule has 0 amide bonds. The van der Waals surface area contributed by atoms with Crippen LogP contribution in [0.4, 0.5) is 0 Å². The van der Waals surface area contributed by atoms with Crippen molar-refractivity contribution in [1.29, 1.82) is 0 Å². The predicted molar refractivity (Wildman–Crippen MR) is 82.1 cm³/mol. The normalized spacial score (nSPS) is 10.6. The van der Waals surface area contributed by atoms with Crippen LogP contribution in [0.15, 0.2) is 29.2 Å². The highest BCUT2D eigenvalue weighted by atomic mass is 32.2. The second kappa shape index (κ2) is 10.3. The summed E-state index contributed by atoms with van der Waals surface area (Å²) in [5.41, 5.74) is 1.06. The molecule has 0 spiro atoms. The lowest BCUT2D eigenvalue weighted by Crippen LogP contribution is -2.06. The Hall–Kier alpha value is -1.40. The monoisotopic (exact) mass is 316 g/mol. The highest BCUT2D eigenvalue weighted by Gasteiger charge is 2.13. The third-order valence-electron chi connectivity index (χ3n) is 2.70. The number of aliphatic carboxylic acids is 1. The fourth-order valence-electron chi connectivity index (χ4n) is 1.62. The number of sulfone groups is 1. The number of carbonyl (C=O) groups is 1. The number of unbranched alkanes of at least 4 members (excludes halogenated alkanes) is 3. The van der Waals surface area contributed by atoms with Crippen LogP contribution in [-0.4, -0.2) is 37.0 Å². The summed E-state index contributed by atoms with van der Waals surface area (Å²) in [6.07, 6.45) is 3.16. The molecular weight excluding hydrogens is 292 g/mol. The van der Waals surface area contributed by atoms with Gasteiger partial charge in [0.05, 0.1) is 10.6 Å². The molecule has 0 saturated heterocycles. The molecule has 1 rings (SSSR count). The largest absolute Gasteiger partial charge is 0.481 e. The molecule has 1 aromatic carbocycles. The van der Waals surface area contributed by atoms with Gasteiger partial charge in [0.15, 0.2) is 9.84 Å². The van der Waals surface area contributed by atoms with Crippen LogP contribution in [0.25, 0.3) is 0 Å². The summed E-state index contributed by atoms with van der Waals surface area (Å²) < 4.78 is 23.9. The average Bonchev–Trinajstić information content (AvgIpc) is 2.38. The topological polar surface area (TPSA) is 91.7 Å². The molecule has 1 aromatic rings. The van der Waals surface area contributed by atoms with Gasteiger partial charge in [-0.25, -0.2) is 8.42 Å². The van der Waals surface area contributed by atoms with Crippen LogP contribution in [0.1, 0.15) is 38.2 Å². The first-order valence-corrected chi connectivity index (χ1v) is 8.54.